The molecule has 0 radical (unpaired) electrons. The average Bonchev–Trinajstić information content (AvgIpc) is 3.04. The lowest BCUT2D eigenvalue weighted by atomic mass is 10.2. The van der Waals surface area contributed by atoms with Gasteiger partial charge in [-0.2, -0.15) is 8.42 Å². The number of hydrogen-bond donors (Lipinski definition) is 1. The Kier molecular flexibility index (Phi) is 8.01. The van der Waals surface area contributed by atoms with E-state index >= 15 is 0 Å². The Labute approximate surface area is 198 Å². The summed E-state index contributed by atoms with van der Waals surface area (Å²) in [6.07, 6.45) is -0.193. The number of sulfone groups is 1. The lowest BCUT2D eigenvalue weighted by Gasteiger charge is -2.14. The van der Waals surface area contributed by atoms with Gasteiger partial charge in [0.2, 0.25) is 0 Å². The summed E-state index contributed by atoms with van der Waals surface area (Å²) in [5.74, 6) is -0.00169. The Balaban J connectivity index is 1.49. The van der Waals surface area contributed by atoms with E-state index < -0.39 is 26.1 Å². The normalized spacial score (nSPS) is 13.5. The van der Waals surface area contributed by atoms with Gasteiger partial charge in [0.15, 0.2) is 9.84 Å². The second kappa shape index (κ2) is 10.2. The van der Waals surface area contributed by atoms with Crippen LogP contribution in [0.2, 0.25) is 5.02 Å². The smallest absolute Gasteiger partial charge is 0.297 e. The summed E-state index contributed by atoms with van der Waals surface area (Å²) in [6.45, 7) is 6.04. The van der Waals surface area contributed by atoms with Crippen LogP contribution < -0.4 is 5.32 Å². The molecule has 0 amide bonds. The van der Waals surface area contributed by atoms with Crippen molar-refractivity contribution in [3.8, 4) is 0 Å². The monoisotopic (exact) mass is 515 g/mol. The van der Waals surface area contributed by atoms with Crippen LogP contribution >= 0.6 is 22.9 Å². The summed E-state index contributed by atoms with van der Waals surface area (Å²) in [7, 11) is -7.27. The van der Waals surface area contributed by atoms with Crippen LogP contribution in [0.15, 0.2) is 51.6 Å². The second-order valence-corrected chi connectivity index (χ2v) is 13.1. The molecule has 3 rings (SSSR count). The van der Waals surface area contributed by atoms with Crippen LogP contribution in [-0.4, -0.2) is 41.8 Å². The zero-order valence-electron chi connectivity index (χ0n) is 18.1. The Hall–Kier alpha value is -1.49. The van der Waals surface area contributed by atoms with Crippen molar-refractivity contribution < 1.29 is 21.0 Å². The lowest BCUT2D eigenvalue weighted by Crippen LogP contribution is -2.30. The standard InChI is InChI=1S/C22H26ClNO5S3/c1-15-5-8-19(9-6-15)32(27,28)29-16(2)14-24-11-4-12-31(25,26)22-17(3)20-13-18(23)7-10-21(20)30-22/h5-10,13,16,24H,4,11-12,14H2,1-3H3. The maximum Gasteiger partial charge on any atom is 0.297 e. The maximum absolute atomic E-state index is 12.8. The minimum Gasteiger partial charge on any atom is -0.314 e. The zero-order chi connectivity index (χ0) is 23.5. The van der Waals surface area contributed by atoms with Crippen molar-refractivity contribution in [2.45, 2.75) is 42.4 Å². The molecule has 1 aromatic heterocycles. The number of fused-ring (bicyclic) bond motifs is 1. The molecule has 6 nitrogen and oxygen atoms in total. The van der Waals surface area contributed by atoms with Crippen LogP contribution in [0, 0.1) is 13.8 Å². The summed E-state index contributed by atoms with van der Waals surface area (Å²) in [5, 5.41) is 4.51. The molecule has 0 bridgehead atoms. The topological polar surface area (TPSA) is 89.5 Å². The van der Waals surface area contributed by atoms with E-state index in [-0.39, 0.29) is 17.2 Å². The Morgan fingerprint density at radius 3 is 2.44 bits per heavy atom. The predicted octanol–water partition coefficient (Wildman–Crippen LogP) is 4.72. The van der Waals surface area contributed by atoms with E-state index in [1.165, 1.54) is 23.5 Å². The maximum atomic E-state index is 12.8. The SMILES string of the molecule is Cc1ccc(S(=O)(=O)OC(C)CNCCCS(=O)(=O)c2sc3ccc(Cl)cc3c2C)cc1. The van der Waals surface area contributed by atoms with Gasteiger partial charge in [0, 0.05) is 16.3 Å². The van der Waals surface area contributed by atoms with E-state index in [4.69, 9.17) is 15.8 Å². The van der Waals surface area contributed by atoms with Crippen LogP contribution in [0.1, 0.15) is 24.5 Å². The molecule has 0 aliphatic carbocycles. The number of thiophene rings is 1. The molecule has 1 atom stereocenters. The van der Waals surface area contributed by atoms with Gasteiger partial charge in [-0.05, 0) is 75.0 Å². The fourth-order valence-corrected chi connectivity index (χ4v) is 7.75. The highest BCUT2D eigenvalue weighted by Gasteiger charge is 2.22. The summed E-state index contributed by atoms with van der Waals surface area (Å²) in [5.41, 5.74) is 1.69. The molecule has 10 heteroatoms. The van der Waals surface area contributed by atoms with E-state index in [1.54, 1.807) is 38.1 Å². The quantitative estimate of drug-likeness (QED) is 0.310. The van der Waals surface area contributed by atoms with Gasteiger partial charge in [0.05, 0.1) is 16.8 Å². The molecule has 3 aromatic rings. The minimum atomic E-state index is -3.84. The van der Waals surface area contributed by atoms with Crippen LogP contribution in [0.3, 0.4) is 0 Å². The third-order valence-electron chi connectivity index (χ3n) is 4.94. The fourth-order valence-electron chi connectivity index (χ4n) is 3.26. The molecular weight excluding hydrogens is 490 g/mol. The Morgan fingerprint density at radius 1 is 1.06 bits per heavy atom. The van der Waals surface area contributed by atoms with Gasteiger partial charge in [-0.15, -0.1) is 11.3 Å². The van der Waals surface area contributed by atoms with Crippen molar-refractivity contribution in [3.05, 3.63) is 58.6 Å². The molecule has 174 valence electrons. The third-order valence-corrected chi connectivity index (χ3v) is 10.4. The van der Waals surface area contributed by atoms with Crippen LogP contribution in [0.25, 0.3) is 10.1 Å². The van der Waals surface area contributed by atoms with E-state index in [2.05, 4.69) is 5.32 Å². The first-order chi connectivity index (χ1) is 15.0. The number of benzene rings is 2. The average molecular weight is 516 g/mol. The number of hydrogen-bond acceptors (Lipinski definition) is 7. The highest BCUT2D eigenvalue weighted by molar-refractivity contribution is 7.93. The summed E-state index contributed by atoms with van der Waals surface area (Å²) >= 11 is 7.30. The number of nitrogens with one attached hydrogen (secondary N) is 1. The predicted molar refractivity (Wildman–Crippen MR) is 130 cm³/mol. The molecule has 0 aliphatic rings. The van der Waals surface area contributed by atoms with Gasteiger partial charge >= 0.3 is 0 Å². The third kappa shape index (κ3) is 6.09. The van der Waals surface area contributed by atoms with Crippen molar-refractivity contribution in [1.29, 1.82) is 0 Å². The van der Waals surface area contributed by atoms with Gasteiger partial charge in [0.1, 0.15) is 4.21 Å². The number of halogens is 1. The molecule has 1 heterocycles. The molecule has 0 spiro atoms. The highest BCUT2D eigenvalue weighted by atomic mass is 35.5. The first-order valence-corrected chi connectivity index (χ1v) is 14.4. The molecule has 0 saturated carbocycles. The summed E-state index contributed by atoms with van der Waals surface area (Å²) < 4.78 is 56.8. The molecular formula is C22H26ClNO5S3. The fraction of sp³-hybridized carbons (Fsp3) is 0.364. The molecule has 1 N–H and O–H groups in total. The second-order valence-electron chi connectivity index (χ2n) is 7.71. The number of rotatable bonds is 10. The van der Waals surface area contributed by atoms with Gasteiger partial charge in [-0.25, -0.2) is 8.42 Å². The van der Waals surface area contributed by atoms with Crippen molar-refractivity contribution in [2.75, 3.05) is 18.8 Å². The van der Waals surface area contributed by atoms with Crippen molar-refractivity contribution in [2.24, 2.45) is 0 Å². The summed E-state index contributed by atoms with van der Waals surface area (Å²) in [4.78, 5) is 0.112. The number of aryl methyl sites for hydroxylation is 2. The van der Waals surface area contributed by atoms with Gasteiger partial charge in [-0.3, -0.25) is 4.18 Å². The van der Waals surface area contributed by atoms with E-state index in [9.17, 15) is 16.8 Å². The van der Waals surface area contributed by atoms with Crippen LogP contribution in [0.4, 0.5) is 0 Å². The molecule has 2 aromatic carbocycles. The highest BCUT2D eigenvalue weighted by Crippen LogP contribution is 2.36. The van der Waals surface area contributed by atoms with Crippen molar-refractivity contribution in [3.63, 3.8) is 0 Å². The summed E-state index contributed by atoms with van der Waals surface area (Å²) in [6, 6.07) is 11.8. The molecule has 32 heavy (non-hydrogen) atoms. The first kappa shape index (κ1) is 25.1. The minimum absolute atomic E-state index is 0.00169. The molecule has 0 fully saturated rings. The first-order valence-electron chi connectivity index (χ1n) is 10.1. The lowest BCUT2D eigenvalue weighted by molar-refractivity contribution is 0.224. The van der Waals surface area contributed by atoms with Gasteiger partial charge in [0.25, 0.3) is 10.1 Å². The molecule has 1 unspecified atom stereocenters. The van der Waals surface area contributed by atoms with Crippen molar-refractivity contribution in [1.82, 2.24) is 5.32 Å². The van der Waals surface area contributed by atoms with E-state index in [0.717, 1.165) is 21.2 Å². The Bertz CT molecular complexity index is 1300. The van der Waals surface area contributed by atoms with Gasteiger partial charge in [-0.1, -0.05) is 29.3 Å². The van der Waals surface area contributed by atoms with E-state index in [1.807, 2.05) is 13.0 Å². The molecule has 0 aliphatic heterocycles. The van der Waals surface area contributed by atoms with Crippen molar-refractivity contribution >= 4 is 53.0 Å². The molecule has 0 saturated heterocycles. The van der Waals surface area contributed by atoms with Crippen LogP contribution in [0.5, 0.6) is 0 Å². The van der Waals surface area contributed by atoms with Gasteiger partial charge < -0.3 is 5.32 Å². The van der Waals surface area contributed by atoms with Crippen LogP contribution in [-0.2, 0) is 24.1 Å². The zero-order valence-corrected chi connectivity index (χ0v) is 21.3. The Morgan fingerprint density at radius 2 is 1.75 bits per heavy atom. The largest absolute Gasteiger partial charge is 0.314 e. The van der Waals surface area contributed by atoms with E-state index in [0.29, 0.717) is 22.2 Å².